The van der Waals surface area contributed by atoms with E-state index in [1.54, 1.807) is 6.07 Å². The van der Waals surface area contributed by atoms with Gasteiger partial charge in [-0.2, -0.15) is 0 Å². The molecule has 1 N–H and O–H groups in total. The molecule has 14 heavy (non-hydrogen) atoms. The summed E-state index contributed by atoms with van der Waals surface area (Å²) in [4.78, 5) is 21.4. The van der Waals surface area contributed by atoms with Crippen molar-refractivity contribution in [3.63, 3.8) is 0 Å². The standard InChI is InChI=1S/C9H8ClNO3/c1-14-9(13)7-3-2-6(10)4-8(7)11-5-12/h2-5H,1H3,(H,11,12). The van der Waals surface area contributed by atoms with Crippen LogP contribution in [0.1, 0.15) is 10.4 Å². The highest BCUT2D eigenvalue weighted by Gasteiger charge is 2.11. The predicted molar refractivity (Wildman–Crippen MR) is 52.5 cm³/mol. The molecule has 0 heterocycles. The third-order valence-electron chi connectivity index (χ3n) is 1.60. The van der Waals surface area contributed by atoms with Gasteiger partial charge >= 0.3 is 5.97 Å². The molecule has 1 rings (SSSR count). The Kier molecular flexibility index (Phi) is 3.48. The van der Waals surface area contributed by atoms with E-state index in [4.69, 9.17) is 11.6 Å². The summed E-state index contributed by atoms with van der Waals surface area (Å²) >= 11 is 5.69. The average molecular weight is 214 g/mol. The van der Waals surface area contributed by atoms with Crippen LogP contribution >= 0.6 is 11.6 Å². The number of ether oxygens (including phenoxy) is 1. The summed E-state index contributed by atoms with van der Waals surface area (Å²) in [5.74, 6) is -0.522. The number of carbonyl (C=O) groups excluding carboxylic acids is 2. The molecular weight excluding hydrogens is 206 g/mol. The second-order valence-corrected chi connectivity index (χ2v) is 2.88. The number of hydrogen-bond donors (Lipinski definition) is 1. The number of carbonyl (C=O) groups is 2. The van der Waals surface area contributed by atoms with Gasteiger partial charge in [0, 0.05) is 5.02 Å². The number of rotatable bonds is 3. The lowest BCUT2D eigenvalue weighted by Crippen LogP contribution is -2.06. The number of anilines is 1. The fraction of sp³-hybridized carbons (Fsp3) is 0.111. The van der Waals surface area contributed by atoms with E-state index in [-0.39, 0.29) is 5.56 Å². The SMILES string of the molecule is COC(=O)c1ccc(Cl)cc1NC=O. The number of methoxy groups -OCH3 is 1. The van der Waals surface area contributed by atoms with E-state index in [0.717, 1.165) is 0 Å². The Morgan fingerprint density at radius 3 is 2.86 bits per heavy atom. The van der Waals surface area contributed by atoms with E-state index < -0.39 is 5.97 Å². The summed E-state index contributed by atoms with van der Waals surface area (Å²) in [7, 11) is 1.27. The predicted octanol–water partition coefficient (Wildman–Crippen LogP) is 1.69. The zero-order chi connectivity index (χ0) is 10.6. The lowest BCUT2D eigenvalue weighted by molar-refractivity contribution is -0.105. The first-order chi connectivity index (χ1) is 6.69. The Hall–Kier alpha value is -1.55. The molecule has 0 radical (unpaired) electrons. The maximum absolute atomic E-state index is 11.2. The fourth-order valence-electron chi connectivity index (χ4n) is 0.987. The highest BCUT2D eigenvalue weighted by atomic mass is 35.5. The summed E-state index contributed by atoms with van der Waals surface area (Å²) in [6.07, 6.45) is 0.470. The summed E-state index contributed by atoms with van der Waals surface area (Å²) in [5, 5.41) is 2.80. The molecule has 0 aliphatic rings. The van der Waals surface area contributed by atoms with Crippen molar-refractivity contribution in [3.05, 3.63) is 28.8 Å². The zero-order valence-electron chi connectivity index (χ0n) is 7.41. The van der Waals surface area contributed by atoms with Crippen LogP contribution < -0.4 is 5.32 Å². The number of hydrogen-bond acceptors (Lipinski definition) is 3. The second-order valence-electron chi connectivity index (χ2n) is 2.44. The van der Waals surface area contributed by atoms with Gasteiger partial charge < -0.3 is 10.1 Å². The first kappa shape index (κ1) is 10.5. The van der Waals surface area contributed by atoms with Crippen molar-refractivity contribution < 1.29 is 14.3 Å². The molecule has 5 heteroatoms. The molecule has 74 valence electrons. The van der Waals surface area contributed by atoms with E-state index in [0.29, 0.717) is 17.1 Å². The molecule has 0 atom stereocenters. The quantitative estimate of drug-likeness (QED) is 0.614. The van der Waals surface area contributed by atoms with Gasteiger partial charge in [0.15, 0.2) is 0 Å². The Labute approximate surface area is 85.8 Å². The highest BCUT2D eigenvalue weighted by molar-refractivity contribution is 6.31. The van der Waals surface area contributed by atoms with Gasteiger partial charge in [-0.15, -0.1) is 0 Å². The van der Waals surface area contributed by atoms with Crippen molar-refractivity contribution in [1.29, 1.82) is 0 Å². The second kappa shape index (κ2) is 4.62. The van der Waals surface area contributed by atoms with Crippen LogP contribution in [-0.2, 0) is 9.53 Å². The van der Waals surface area contributed by atoms with Gasteiger partial charge in [-0.3, -0.25) is 4.79 Å². The van der Waals surface area contributed by atoms with E-state index in [2.05, 4.69) is 10.1 Å². The average Bonchev–Trinajstić information content (AvgIpc) is 2.17. The van der Waals surface area contributed by atoms with Gasteiger partial charge in [0.25, 0.3) is 0 Å². The smallest absolute Gasteiger partial charge is 0.339 e. The third kappa shape index (κ3) is 2.23. The Bertz CT molecular complexity index is 365. The van der Waals surface area contributed by atoms with Gasteiger partial charge in [-0.25, -0.2) is 4.79 Å². The minimum Gasteiger partial charge on any atom is -0.465 e. The van der Waals surface area contributed by atoms with E-state index in [9.17, 15) is 9.59 Å². The highest BCUT2D eigenvalue weighted by Crippen LogP contribution is 2.21. The molecule has 1 aromatic carbocycles. The zero-order valence-corrected chi connectivity index (χ0v) is 8.17. The van der Waals surface area contributed by atoms with Crippen molar-refractivity contribution in [1.82, 2.24) is 0 Å². The summed E-state index contributed by atoms with van der Waals surface area (Å²) < 4.78 is 4.53. The fourth-order valence-corrected chi connectivity index (χ4v) is 1.16. The first-order valence-corrected chi connectivity index (χ1v) is 4.15. The molecule has 0 aliphatic carbocycles. The van der Waals surface area contributed by atoms with Crippen molar-refractivity contribution in [2.75, 3.05) is 12.4 Å². The largest absolute Gasteiger partial charge is 0.465 e. The molecule has 0 spiro atoms. The Morgan fingerprint density at radius 2 is 2.29 bits per heavy atom. The normalized spacial score (nSPS) is 9.29. The molecule has 0 aliphatic heterocycles. The molecule has 1 amide bonds. The van der Waals surface area contributed by atoms with E-state index in [1.165, 1.54) is 19.2 Å². The summed E-state index contributed by atoms with van der Waals surface area (Å²) in [6, 6.07) is 4.51. The number of halogens is 1. The van der Waals surface area contributed by atoms with Gasteiger partial charge in [-0.05, 0) is 18.2 Å². The van der Waals surface area contributed by atoms with Crippen molar-refractivity contribution >= 4 is 29.7 Å². The van der Waals surface area contributed by atoms with Crippen LogP contribution in [0.2, 0.25) is 5.02 Å². The lowest BCUT2D eigenvalue weighted by Gasteiger charge is -2.06. The van der Waals surface area contributed by atoms with Crippen LogP contribution in [0.15, 0.2) is 18.2 Å². The maximum Gasteiger partial charge on any atom is 0.339 e. The van der Waals surface area contributed by atoms with Crippen LogP contribution in [0, 0.1) is 0 Å². The van der Waals surface area contributed by atoms with Crippen LogP contribution in [0.3, 0.4) is 0 Å². The molecular formula is C9H8ClNO3. The van der Waals surface area contributed by atoms with Crippen molar-refractivity contribution in [3.8, 4) is 0 Å². The van der Waals surface area contributed by atoms with Crippen LogP contribution in [0.25, 0.3) is 0 Å². The molecule has 0 unspecified atom stereocenters. The van der Waals surface area contributed by atoms with Crippen LogP contribution in [-0.4, -0.2) is 19.5 Å². The van der Waals surface area contributed by atoms with Crippen LogP contribution in [0.4, 0.5) is 5.69 Å². The molecule has 1 aromatic rings. The Balaban J connectivity index is 3.13. The molecule has 0 saturated carbocycles. The number of amides is 1. The topological polar surface area (TPSA) is 55.4 Å². The first-order valence-electron chi connectivity index (χ1n) is 3.77. The van der Waals surface area contributed by atoms with E-state index in [1.807, 2.05) is 0 Å². The lowest BCUT2D eigenvalue weighted by atomic mass is 10.2. The Morgan fingerprint density at radius 1 is 1.57 bits per heavy atom. The van der Waals surface area contributed by atoms with Crippen molar-refractivity contribution in [2.45, 2.75) is 0 Å². The maximum atomic E-state index is 11.2. The monoisotopic (exact) mass is 213 g/mol. The van der Waals surface area contributed by atoms with Crippen LogP contribution in [0.5, 0.6) is 0 Å². The molecule has 0 aromatic heterocycles. The summed E-state index contributed by atoms with van der Waals surface area (Å²) in [6.45, 7) is 0. The number of nitrogens with one attached hydrogen (secondary N) is 1. The molecule has 0 saturated heterocycles. The molecule has 0 bridgehead atoms. The van der Waals surface area contributed by atoms with Gasteiger partial charge in [0.1, 0.15) is 0 Å². The third-order valence-corrected chi connectivity index (χ3v) is 1.84. The molecule has 4 nitrogen and oxygen atoms in total. The molecule has 0 fully saturated rings. The van der Waals surface area contributed by atoms with Gasteiger partial charge in [0.2, 0.25) is 6.41 Å². The number of esters is 1. The minimum absolute atomic E-state index is 0.268. The summed E-state index contributed by atoms with van der Waals surface area (Å²) in [5.41, 5.74) is 0.600. The van der Waals surface area contributed by atoms with Gasteiger partial charge in [-0.1, -0.05) is 11.6 Å². The number of benzene rings is 1. The van der Waals surface area contributed by atoms with E-state index >= 15 is 0 Å². The minimum atomic E-state index is -0.522. The van der Waals surface area contributed by atoms with Crippen molar-refractivity contribution in [2.24, 2.45) is 0 Å². The van der Waals surface area contributed by atoms with Gasteiger partial charge in [0.05, 0.1) is 18.4 Å².